The van der Waals surface area contributed by atoms with Crippen molar-refractivity contribution in [3.8, 4) is 0 Å². The quantitative estimate of drug-likeness (QED) is 0.256. The molecule has 9 nitrogen and oxygen atoms in total. The summed E-state index contributed by atoms with van der Waals surface area (Å²) in [5, 5.41) is 13.1. The Bertz CT molecular complexity index is 547. The number of carbonyl (C=O) groups excluding carboxylic acids is 2. The van der Waals surface area contributed by atoms with E-state index in [1.165, 1.54) is 17.9 Å². The molecule has 0 saturated heterocycles. The van der Waals surface area contributed by atoms with Crippen molar-refractivity contribution >= 4 is 29.2 Å². The molecule has 0 radical (unpaired) electrons. The Morgan fingerprint density at radius 1 is 1.46 bits per heavy atom. The molecule has 0 bridgehead atoms. The van der Waals surface area contributed by atoms with Crippen LogP contribution in [0.15, 0.2) is 24.2 Å². The summed E-state index contributed by atoms with van der Waals surface area (Å²) in [4.78, 5) is 34.6. The van der Waals surface area contributed by atoms with Crippen LogP contribution in [0.3, 0.4) is 0 Å². The maximum Gasteiger partial charge on any atom is 0.318 e. The van der Waals surface area contributed by atoms with Crippen LogP contribution in [0.25, 0.3) is 0 Å². The van der Waals surface area contributed by atoms with Gasteiger partial charge in [-0.1, -0.05) is 6.58 Å². The number of allylic oxidation sites excluding steroid dienone is 2. The second-order valence-electron chi connectivity index (χ2n) is 4.78. The normalized spacial score (nSPS) is 10.7. The van der Waals surface area contributed by atoms with Gasteiger partial charge in [-0.15, -0.1) is 0 Å². The molecule has 0 aromatic rings. The van der Waals surface area contributed by atoms with Gasteiger partial charge in [0.1, 0.15) is 13.2 Å². The van der Waals surface area contributed by atoms with Crippen LogP contribution >= 0.6 is 12.2 Å². The minimum atomic E-state index is -0.531. The molecule has 3 N–H and O–H groups in total. The average molecular weight is 358 g/mol. The third kappa shape index (κ3) is 8.83. The van der Waals surface area contributed by atoms with Crippen molar-refractivity contribution in [2.75, 3.05) is 13.2 Å². The highest BCUT2D eigenvalue weighted by molar-refractivity contribution is 7.80. The molecule has 0 aromatic carbocycles. The summed E-state index contributed by atoms with van der Waals surface area (Å²) < 4.78 is 5.01. The van der Waals surface area contributed by atoms with E-state index in [-0.39, 0.29) is 49.3 Å². The topological polar surface area (TPSA) is 128 Å². The molecule has 24 heavy (non-hydrogen) atoms. The van der Waals surface area contributed by atoms with Crippen molar-refractivity contribution in [1.82, 2.24) is 10.2 Å². The molecule has 0 unspecified atom stereocenters. The Hall–Kier alpha value is -2.49. The number of ether oxygens (including phenoxy) is 1. The Morgan fingerprint density at radius 2 is 2.08 bits per heavy atom. The number of thiocarbonyl (C=S) groups is 1. The number of amides is 1. The third-order valence-electron chi connectivity index (χ3n) is 2.81. The first-order chi connectivity index (χ1) is 11.2. The lowest BCUT2D eigenvalue weighted by Crippen LogP contribution is -2.34. The van der Waals surface area contributed by atoms with E-state index < -0.39 is 10.9 Å². The van der Waals surface area contributed by atoms with E-state index in [0.29, 0.717) is 5.70 Å². The number of nitrogens with two attached hydrogens (primary N) is 1. The zero-order valence-electron chi connectivity index (χ0n) is 13.7. The van der Waals surface area contributed by atoms with Crippen LogP contribution in [0.2, 0.25) is 0 Å². The van der Waals surface area contributed by atoms with E-state index in [4.69, 9.17) is 10.5 Å². The molecule has 0 atom stereocenters. The van der Waals surface area contributed by atoms with Gasteiger partial charge in [0, 0.05) is 18.9 Å². The summed E-state index contributed by atoms with van der Waals surface area (Å²) in [6, 6.07) is 0. The van der Waals surface area contributed by atoms with Crippen molar-refractivity contribution < 1.29 is 19.2 Å². The number of hydrogen-bond acceptors (Lipinski definition) is 7. The molecule has 0 aliphatic carbocycles. The van der Waals surface area contributed by atoms with Crippen molar-refractivity contribution in [1.29, 1.82) is 0 Å². The zero-order valence-corrected chi connectivity index (χ0v) is 14.6. The lowest BCUT2D eigenvalue weighted by atomic mass is 10.2. The zero-order chi connectivity index (χ0) is 18.7. The predicted molar refractivity (Wildman–Crippen MR) is 92.0 cm³/mol. The predicted octanol–water partition coefficient (Wildman–Crippen LogP) is 1.03. The fraction of sp³-hybridized carbons (Fsp3) is 0.500. The molecule has 0 aliphatic heterocycles. The first kappa shape index (κ1) is 21.5. The molecule has 134 valence electrons. The Labute approximate surface area is 145 Å². The molecule has 10 heteroatoms. The third-order valence-corrected chi connectivity index (χ3v) is 2.91. The van der Waals surface area contributed by atoms with Gasteiger partial charge in [0.2, 0.25) is 5.91 Å². The van der Waals surface area contributed by atoms with Gasteiger partial charge in [0.25, 0.3) is 0 Å². The van der Waals surface area contributed by atoms with Gasteiger partial charge >= 0.3 is 11.8 Å². The lowest BCUT2D eigenvalue weighted by Gasteiger charge is -2.18. The molecular weight excluding hydrogens is 336 g/mol. The summed E-state index contributed by atoms with van der Waals surface area (Å²) in [5.74, 6) is -0.997. The van der Waals surface area contributed by atoms with E-state index in [2.05, 4.69) is 24.1 Å². The van der Waals surface area contributed by atoms with Crippen LogP contribution < -0.4 is 11.1 Å². The van der Waals surface area contributed by atoms with E-state index in [9.17, 15) is 19.7 Å². The largest absolute Gasteiger partial charge is 0.461 e. The number of hydrogen-bond donors (Lipinski definition) is 2. The Morgan fingerprint density at radius 3 is 2.54 bits per heavy atom. The SMILES string of the molecule is C=C(C)N(CCOC(=O)CCCC(=O)NC(N)=S)/C(=C\C)[N+](=O)[O-]. The summed E-state index contributed by atoms with van der Waals surface area (Å²) in [5.41, 5.74) is 5.61. The summed E-state index contributed by atoms with van der Waals surface area (Å²) in [6.07, 6.45) is 1.77. The van der Waals surface area contributed by atoms with Crippen molar-refractivity contribution in [2.24, 2.45) is 5.73 Å². The minimum Gasteiger partial charge on any atom is -0.461 e. The second kappa shape index (κ2) is 11.1. The number of carbonyl (C=O) groups is 2. The molecule has 0 fully saturated rings. The number of nitrogens with zero attached hydrogens (tertiary/aromatic N) is 2. The van der Waals surface area contributed by atoms with Gasteiger partial charge in [-0.3, -0.25) is 9.59 Å². The highest BCUT2D eigenvalue weighted by atomic mass is 32.1. The van der Waals surface area contributed by atoms with E-state index in [1.807, 2.05) is 0 Å². The number of nitrogens with one attached hydrogen (secondary N) is 1. The minimum absolute atomic E-state index is 0.0318. The molecule has 1 amide bonds. The average Bonchev–Trinajstić information content (AvgIpc) is 2.44. The summed E-state index contributed by atoms with van der Waals surface area (Å²) in [6.45, 7) is 6.92. The van der Waals surface area contributed by atoms with Crippen LogP contribution in [-0.2, 0) is 14.3 Å². The van der Waals surface area contributed by atoms with Crippen LogP contribution in [0.4, 0.5) is 0 Å². The van der Waals surface area contributed by atoms with Crippen molar-refractivity contribution in [3.63, 3.8) is 0 Å². The van der Waals surface area contributed by atoms with Crippen LogP contribution in [0, 0.1) is 10.1 Å². The lowest BCUT2D eigenvalue weighted by molar-refractivity contribution is -0.444. The maximum absolute atomic E-state index is 11.6. The highest BCUT2D eigenvalue weighted by Crippen LogP contribution is 2.11. The maximum atomic E-state index is 11.6. The van der Waals surface area contributed by atoms with Gasteiger partial charge < -0.3 is 25.9 Å². The first-order valence-corrected chi connectivity index (χ1v) is 7.58. The molecular formula is C14H22N4O5S. The number of esters is 1. The molecule has 0 saturated carbocycles. The fourth-order valence-electron chi connectivity index (χ4n) is 1.78. The van der Waals surface area contributed by atoms with Crippen molar-refractivity contribution in [2.45, 2.75) is 33.1 Å². The summed E-state index contributed by atoms with van der Waals surface area (Å²) >= 11 is 4.52. The van der Waals surface area contributed by atoms with E-state index in [1.54, 1.807) is 6.92 Å². The number of rotatable bonds is 10. The van der Waals surface area contributed by atoms with Gasteiger partial charge in [-0.2, -0.15) is 0 Å². The number of nitro groups is 1. The molecule has 0 aromatic heterocycles. The highest BCUT2D eigenvalue weighted by Gasteiger charge is 2.21. The van der Waals surface area contributed by atoms with Crippen molar-refractivity contribution in [3.05, 3.63) is 34.3 Å². The second-order valence-corrected chi connectivity index (χ2v) is 5.22. The van der Waals surface area contributed by atoms with Crippen LogP contribution in [0.5, 0.6) is 0 Å². The molecule has 0 spiro atoms. The fourth-order valence-corrected chi connectivity index (χ4v) is 1.89. The monoisotopic (exact) mass is 358 g/mol. The smallest absolute Gasteiger partial charge is 0.318 e. The Kier molecular flexibility index (Phi) is 9.96. The van der Waals surface area contributed by atoms with Gasteiger partial charge in [0.05, 0.1) is 5.70 Å². The Balaban J connectivity index is 4.22. The molecule has 0 heterocycles. The van der Waals surface area contributed by atoms with Gasteiger partial charge in [-0.05, 0) is 37.4 Å². The van der Waals surface area contributed by atoms with Crippen LogP contribution in [-0.4, -0.2) is 40.0 Å². The summed E-state index contributed by atoms with van der Waals surface area (Å²) in [7, 11) is 0. The van der Waals surface area contributed by atoms with Crippen LogP contribution in [0.1, 0.15) is 33.1 Å². The van der Waals surface area contributed by atoms with E-state index in [0.717, 1.165) is 0 Å². The standard InChI is InChI=1S/C14H22N4O5S/c1-4-12(18(21)22)17(10(2)3)8-9-23-13(20)7-5-6-11(19)16-14(15)24/h4H,2,5-9H2,1,3H3,(H3,15,16,19,24)/b12-4+. The molecule has 0 aliphatic rings. The van der Waals surface area contributed by atoms with E-state index >= 15 is 0 Å². The van der Waals surface area contributed by atoms with Gasteiger partial charge in [-0.25, -0.2) is 4.90 Å². The van der Waals surface area contributed by atoms with Gasteiger partial charge in [0.15, 0.2) is 5.11 Å². The first-order valence-electron chi connectivity index (χ1n) is 7.17. The molecule has 0 rings (SSSR count).